The van der Waals surface area contributed by atoms with Crippen LogP contribution in [0, 0.1) is 6.92 Å². The van der Waals surface area contributed by atoms with Crippen molar-refractivity contribution in [2.24, 2.45) is 0 Å². The highest BCUT2D eigenvalue weighted by molar-refractivity contribution is 5.93. The first-order valence-corrected chi connectivity index (χ1v) is 10.5. The first kappa shape index (κ1) is 17.8. The first-order chi connectivity index (χ1) is 14.2. The van der Waals surface area contributed by atoms with Crippen molar-refractivity contribution in [1.82, 2.24) is 9.97 Å². The number of aromatic amines is 2. The highest BCUT2D eigenvalue weighted by Crippen LogP contribution is 2.34. The second-order valence-corrected chi connectivity index (χ2v) is 7.78. The number of rotatable bonds is 4. The molecular formula is C27H26N2. The molecule has 144 valence electrons. The van der Waals surface area contributed by atoms with Gasteiger partial charge in [0.25, 0.3) is 0 Å². The predicted molar refractivity (Wildman–Crippen MR) is 125 cm³/mol. The van der Waals surface area contributed by atoms with E-state index in [0.717, 1.165) is 12.8 Å². The molecule has 3 aromatic carbocycles. The molecule has 0 saturated carbocycles. The molecular weight excluding hydrogens is 352 g/mol. The van der Waals surface area contributed by atoms with E-state index in [-0.39, 0.29) is 0 Å². The van der Waals surface area contributed by atoms with E-state index in [1.54, 1.807) is 0 Å². The smallest absolute Gasteiger partial charge is 0.0497 e. The summed E-state index contributed by atoms with van der Waals surface area (Å²) in [7, 11) is 0. The number of benzene rings is 3. The van der Waals surface area contributed by atoms with E-state index in [4.69, 9.17) is 0 Å². The Morgan fingerprint density at radius 2 is 1.52 bits per heavy atom. The number of hydrogen-bond donors (Lipinski definition) is 2. The van der Waals surface area contributed by atoms with Crippen LogP contribution in [0.15, 0.2) is 66.9 Å². The third-order valence-corrected chi connectivity index (χ3v) is 6.23. The molecule has 0 bridgehead atoms. The van der Waals surface area contributed by atoms with Crippen molar-refractivity contribution in [2.45, 2.75) is 33.6 Å². The van der Waals surface area contributed by atoms with Crippen LogP contribution in [-0.4, -0.2) is 9.97 Å². The van der Waals surface area contributed by atoms with E-state index in [0.29, 0.717) is 0 Å². The summed E-state index contributed by atoms with van der Waals surface area (Å²) in [5.74, 6) is 0. The van der Waals surface area contributed by atoms with Gasteiger partial charge in [0.2, 0.25) is 0 Å². The fourth-order valence-electron chi connectivity index (χ4n) is 4.64. The number of para-hydroxylation sites is 1. The summed E-state index contributed by atoms with van der Waals surface area (Å²) in [4.78, 5) is 7.11. The van der Waals surface area contributed by atoms with Crippen LogP contribution < -0.4 is 0 Å². The Labute approximate surface area is 171 Å². The second kappa shape index (κ2) is 6.97. The van der Waals surface area contributed by atoms with Crippen LogP contribution in [0.3, 0.4) is 0 Å². The van der Waals surface area contributed by atoms with E-state index in [2.05, 4.69) is 97.6 Å². The van der Waals surface area contributed by atoms with Gasteiger partial charge in [-0.1, -0.05) is 68.4 Å². The molecule has 0 unspecified atom stereocenters. The Morgan fingerprint density at radius 3 is 2.28 bits per heavy atom. The zero-order valence-electron chi connectivity index (χ0n) is 17.3. The van der Waals surface area contributed by atoms with Gasteiger partial charge < -0.3 is 9.97 Å². The fraction of sp³-hybridized carbons (Fsp3) is 0.185. The first-order valence-electron chi connectivity index (χ1n) is 10.5. The molecule has 2 heteroatoms. The van der Waals surface area contributed by atoms with E-state index < -0.39 is 0 Å². The molecule has 0 spiro atoms. The highest BCUT2D eigenvalue weighted by Gasteiger charge is 2.13. The van der Waals surface area contributed by atoms with Gasteiger partial charge in [0.05, 0.1) is 0 Å². The van der Waals surface area contributed by atoms with Crippen molar-refractivity contribution in [3.8, 4) is 22.4 Å². The van der Waals surface area contributed by atoms with Crippen LogP contribution in [0.4, 0.5) is 0 Å². The van der Waals surface area contributed by atoms with Gasteiger partial charge >= 0.3 is 0 Å². The molecule has 29 heavy (non-hydrogen) atoms. The number of hydrogen-bond acceptors (Lipinski definition) is 0. The van der Waals surface area contributed by atoms with E-state index >= 15 is 0 Å². The van der Waals surface area contributed by atoms with Crippen LogP contribution in [-0.2, 0) is 12.8 Å². The maximum atomic E-state index is 3.63. The quantitative estimate of drug-likeness (QED) is 0.326. The fourth-order valence-corrected chi connectivity index (χ4v) is 4.64. The van der Waals surface area contributed by atoms with Crippen LogP contribution in [0.5, 0.6) is 0 Å². The Morgan fingerprint density at radius 1 is 0.759 bits per heavy atom. The normalized spacial score (nSPS) is 11.6. The maximum Gasteiger partial charge on any atom is 0.0497 e. The molecule has 2 aromatic heterocycles. The Bertz CT molecular complexity index is 1320. The van der Waals surface area contributed by atoms with E-state index in [1.807, 2.05) is 0 Å². The number of aryl methyl sites for hydroxylation is 3. The zero-order valence-corrected chi connectivity index (χ0v) is 17.3. The van der Waals surface area contributed by atoms with Crippen LogP contribution in [0.2, 0.25) is 0 Å². The Hall–Kier alpha value is -3.26. The summed E-state index contributed by atoms with van der Waals surface area (Å²) in [6.07, 6.45) is 4.22. The summed E-state index contributed by atoms with van der Waals surface area (Å²) in [5, 5.41) is 2.67. The van der Waals surface area contributed by atoms with Crippen LogP contribution in [0.25, 0.3) is 44.2 Å². The average Bonchev–Trinajstić information content (AvgIpc) is 3.35. The van der Waals surface area contributed by atoms with Crippen molar-refractivity contribution in [2.75, 3.05) is 0 Å². The lowest BCUT2D eigenvalue weighted by atomic mass is 9.95. The SMILES string of the molecule is CCc1c(-c2ccc(-c3ccc4c(CC)c[nH]c4c3C)cc2)[nH]c2ccccc12. The number of nitrogens with one attached hydrogen (secondary N) is 2. The van der Waals surface area contributed by atoms with Crippen molar-refractivity contribution >= 4 is 21.8 Å². The standard InChI is InChI=1S/C27H26N2/c1-4-18-16-28-26-17(3)22(14-15-23(18)26)19-10-12-20(13-11-19)27-21(5-2)24-8-6-7-9-25(24)29-27/h6-16,28-29H,4-5H2,1-3H3. The lowest BCUT2D eigenvalue weighted by molar-refractivity contribution is 1.15. The van der Waals surface area contributed by atoms with Gasteiger partial charge in [0.1, 0.15) is 0 Å². The van der Waals surface area contributed by atoms with Gasteiger partial charge in [-0.25, -0.2) is 0 Å². The predicted octanol–water partition coefficient (Wildman–Crippen LogP) is 7.42. The van der Waals surface area contributed by atoms with Gasteiger partial charge in [-0.05, 0) is 59.2 Å². The topological polar surface area (TPSA) is 31.6 Å². The molecule has 0 atom stereocenters. The largest absolute Gasteiger partial charge is 0.361 e. The number of H-pyrrole nitrogens is 2. The summed E-state index contributed by atoms with van der Waals surface area (Å²) < 4.78 is 0. The monoisotopic (exact) mass is 378 g/mol. The van der Waals surface area contributed by atoms with Crippen LogP contribution in [0.1, 0.15) is 30.5 Å². The highest BCUT2D eigenvalue weighted by atomic mass is 14.7. The molecule has 0 aliphatic rings. The van der Waals surface area contributed by atoms with E-state index in [1.165, 1.54) is 60.9 Å². The van der Waals surface area contributed by atoms with Crippen molar-refractivity contribution < 1.29 is 0 Å². The lowest BCUT2D eigenvalue weighted by Crippen LogP contribution is -1.88. The molecule has 0 saturated heterocycles. The molecule has 0 fully saturated rings. The molecule has 0 aliphatic carbocycles. The molecule has 0 radical (unpaired) electrons. The Balaban J connectivity index is 1.58. The average molecular weight is 379 g/mol. The van der Waals surface area contributed by atoms with Gasteiger partial charge in [-0.2, -0.15) is 0 Å². The summed E-state index contributed by atoms with van der Waals surface area (Å²) in [6.45, 7) is 6.65. The summed E-state index contributed by atoms with van der Waals surface area (Å²) >= 11 is 0. The molecule has 0 aliphatic heterocycles. The molecule has 2 heterocycles. The minimum Gasteiger partial charge on any atom is -0.361 e. The zero-order chi connectivity index (χ0) is 20.0. The van der Waals surface area contributed by atoms with Crippen molar-refractivity contribution in [3.05, 3.63) is 83.6 Å². The number of aromatic nitrogens is 2. The van der Waals surface area contributed by atoms with Gasteiger partial charge in [-0.15, -0.1) is 0 Å². The molecule has 2 N–H and O–H groups in total. The van der Waals surface area contributed by atoms with Crippen LogP contribution >= 0.6 is 0 Å². The minimum absolute atomic E-state index is 1.02. The maximum absolute atomic E-state index is 3.63. The molecule has 2 nitrogen and oxygen atoms in total. The van der Waals surface area contributed by atoms with Crippen molar-refractivity contribution in [1.29, 1.82) is 0 Å². The lowest BCUT2D eigenvalue weighted by Gasteiger charge is -2.10. The molecule has 0 amide bonds. The molecule has 5 aromatic rings. The van der Waals surface area contributed by atoms with Crippen molar-refractivity contribution in [3.63, 3.8) is 0 Å². The van der Waals surface area contributed by atoms with Gasteiger partial charge in [0.15, 0.2) is 0 Å². The van der Waals surface area contributed by atoms with Gasteiger partial charge in [-0.3, -0.25) is 0 Å². The third-order valence-electron chi connectivity index (χ3n) is 6.23. The third kappa shape index (κ3) is 2.79. The summed E-state index contributed by atoms with van der Waals surface area (Å²) in [5.41, 5.74) is 11.6. The minimum atomic E-state index is 1.02. The van der Waals surface area contributed by atoms with Gasteiger partial charge in [0, 0.05) is 33.7 Å². The number of fused-ring (bicyclic) bond motifs is 2. The Kier molecular flexibility index (Phi) is 4.28. The molecule has 5 rings (SSSR count). The summed E-state index contributed by atoms with van der Waals surface area (Å²) in [6, 6.07) is 22.1. The van der Waals surface area contributed by atoms with E-state index in [9.17, 15) is 0 Å². The second-order valence-electron chi connectivity index (χ2n) is 7.78.